The zero-order valence-corrected chi connectivity index (χ0v) is 10.0. The van der Waals surface area contributed by atoms with Crippen molar-refractivity contribution in [2.75, 3.05) is 5.32 Å². The Morgan fingerprint density at radius 1 is 1.22 bits per heavy atom. The smallest absolute Gasteiger partial charge is 0.0774 e. The van der Waals surface area contributed by atoms with Gasteiger partial charge in [-0.3, -0.25) is 9.67 Å². The minimum atomic E-state index is 0.699. The van der Waals surface area contributed by atoms with Gasteiger partial charge in [0, 0.05) is 35.9 Å². The number of benzene rings is 1. The molecule has 90 valence electrons. The summed E-state index contributed by atoms with van der Waals surface area (Å²) in [7, 11) is 1.89. The van der Waals surface area contributed by atoms with E-state index in [0.29, 0.717) is 6.54 Å². The second-order valence-electron chi connectivity index (χ2n) is 4.10. The van der Waals surface area contributed by atoms with Gasteiger partial charge in [0.2, 0.25) is 0 Å². The Morgan fingerprint density at radius 3 is 3.00 bits per heavy atom. The van der Waals surface area contributed by atoms with E-state index in [4.69, 9.17) is 0 Å². The molecule has 3 rings (SSSR count). The third-order valence-corrected chi connectivity index (χ3v) is 2.95. The predicted octanol–water partition coefficient (Wildman–Crippen LogP) is 1.98. The summed E-state index contributed by atoms with van der Waals surface area (Å²) in [5.41, 5.74) is 2.14. The molecule has 2 heterocycles. The molecular formula is C13H13N5. The van der Waals surface area contributed by atoms with Crippen molar-refractivity contribution in [2.45, 2.75) is 6.54 Å². The van der Waals surface area contributed by atoms with Gasteiger partial charge in [-0.25, -0.2) is 0 Å². The molecule has 0 amide bonds. The SMILES string of the molecule is Cn1nncc1CNc1cccc2cnccc12. The number of nitrogens with one attached hydrogen (secondary N) is 1. The van der Waals surface area contributed by atoms with Crippen LogP contribution in [0.5, 0.6) is 0 Å². The fourth-order valence-corrected chi connectivity index (χ4v) is 1.93. The van der Waals surface area contributed by atoms with Crippen molar-refractivity contribution in [2.24, 2.45) is 7.05 Å². The normalized spacial score (nSPS) is 10.7. The summed E-state index contributed by atoms with van der Waals surface area (Å²) in [5.74, 6) is 0. The molecule has 0 spiro atoms. The van der Waals surface area contributed by atoms with Crippen LogP contribution in [0.2, 0.25) is 0 Å². The first kappa shape index (κ1) is 10.7. The summed E-state index contributed by atoms with van der Waals surface area (Å²) in [6.07, 6.45) is 5.44. The zero-order valence-electron chi connectivity index (χ0n) is 10.0. The summed E-state index contributed by atoms with van der Waals surface area (Å²) in [6.45, 7) is 0.699. The molecular weight excluding hydrogens is 226 g/mol. The number of hydrogen-bond acceptors (Lipinski definition) is 4. The summed E-state index contributed by atoms with van der Waals surface area (Å²) >= 11 is 0. The predicted molar refractivity (Wildman–Crippen MR) is 70.1 cm³/mol. The van der Waals surface area contributed by atoms with Crippen molar-refractivity contribution in [3.8, 4) is 0 Å². The lowest BCUT2D eigenvalue weighted by Crippen LogP contribution is -2.05. The molecule has 0 aliphatic carbocycles. The molecule has 18 heavy (non-hydrogen) atoms. The number of pyridine rings is 1. The van der Waals surface area contributed by atoms with Crippen LogP contribution >= 0.6 is 0 Å². The van der Waals surface area contributed by atoms with Crippen LogP contribution in [-0.2, 0) is 13.6 Å². The molecule has 0 saturated heterocycles. The largest absolute Gasteiger partial charge is 0.379 e. The minimum Gasteiger partial charge on any atom is -0.379 e. The molecule has 1 aromatic carbocycles. The Bertz CT molecular complexity index is 668. The number of aromatic nitrogens is 4. The van der Waals surface area contributed by atoms with Gasteiger partial charge in [0.25, 0.3) is 0 Å². The van der Waals surface area contributed by atoms with Crippen LogP contribution in [0.4, 0.5) is 5.69 Å². The molecule has 1 N–H and O–H groups in total. The number of hydrogen-bond donors (Lipinski definition) is 1. The fraction of sp³-hybridized carbons (Fsp3) is 0.154. The summed E-state index contributed by atoms with van der Waals surface area (Å²) < 4.78 is 1.76. The highest BCUT2D eigenvalue weighted by Crippen LogP contribution is 2.22. The Balaban J connectivity index is 1.89. The van der Waals surface area contributed by atoms with E-state index in [2.05, 4.69) is 32.7 Å². The van der Waals surface area contributed by atoms with Gasteiger partial charge in [-0.2, -0.15) is 0 Å². The first-order valence-electron chi connectivity index (χ1n) is 5.75. The molecule has 0 atom stereocenters. The monoisotopic (exact) mass is 239 g/mol. The number of fused-ring (bicyclic) bond motifs is 1. The molecule has 5 nitrogen and oxygen atoms in total. The summed E-state index contributed by atoms with van der Waals surface area (Å²) in [4.78, 5) is 4.13. The minimum absolute atomic E-state index is 0.699. The Hall–Kier alpha value is -2.43. The van der Waals surface area contributed by atoms with E-state index in [1.165, 1.54) is 5.39 Å². The van der Waals surface area contributed by atoms with Crippen LogP contribution in [0, 0.1) is 0 Å². The van der Waals surface area contributed by atoms with Crippen LogP contribution in [0.15, 0.2) is 42.9 Å². The number of anilines is 1. The van der Waals surface area contributed by atoms with Gasteiger partial charge in [-0.15, -0.1) is 5.10 Å². The molecule has 5 heteroatoms. The van der Waals surface area contributed by atoms with Crippen LogP contribution in [0.3, 0.4) is 0 Å². The van der Waals surface area contributed by atoms with Gasteiger partial charge in [0.05, 0.1) is 18.4 Å². The summed E-state index contributed by atoms with van der Waals surface area (Å²) in [5, 5.41) is 13.5. The van der Waals surface area contributed by atoms with Gasteiger partial charge in [-0.05, 0) is 12.1 Å². The molecule has 3 aromatic rings. The Kier molecular flexibility index (Phi) is 2.64. The average Bonchev–Trinajstić information content (AvgIpc) is 2.82. The van der Waals surface area contributed by atoms with Gasteiger partial charge < -0.3 is 5.32 Å². The first-order chi connectivity index (χ1) is 8.84. The van der Waals surface area contributed by atoms with Gasteiger partial charge >= 0.3 is 0 Å². The highest BCUT2D eigenvalue weighted by molar-refractivity contribution is 5.93. The molecule has 0 saturated carbocycles. The lowest BCUT2D eigenvalue weighted by Gasteiger charge is -2.09. The van der Waals surface area contributed by atoms with E-state index < -0.39 is 0 Å². The Morgan fingerprint density at radius 2 is 2.17 bits per heavy atom. The fourth-order valence-electron chi connectivity index (χ4n) is 1.93. The highest BCUT2D eigenvalue weighted by atomic mass is 15.4. The second kappa shape index (κ2) is 4.44. The number of aryl methyl sites for hydroxylation is 1. The van der Waals surface area contributed by atoms with Crippen molar-refractivity contribution < 1.29 is 0 Å². The van der Waals surface area contributed by atoms with Crippen molar-refractivity contribution in [3.63, 3.8) is 0 Å². The molecule has 2 aromatic heterocycles. The van der Waals surface area contributed by atoms with E-state index in [-0.39, 0.29) is 0 Å². The molecule has 0 unspecified atom stereocenters. The van der Waals surface area contributed by atoms with Crippen molar-refractivity contribution in [3.05, 3.63) is 48.5 Å². The zero-order chi connectivity index (χ0) is 12.4. The maximum absolute atomic E-state index is 4.13. The quantitative estimate of drug-likeness (QED) is 0.759. The standard InChI is InChI=1S/C13H13N5/c1-18-11(9-16-17-18)8-15-13-4-2-3-10-7-14-6-5-12(10)13/h2-7,9,15H,8H2,1H3. The maximum Gasteiger partial charge on any atom is 0.0774 e. The van der Waals surface area contributed by atoms with Crippen LogP contribution in [0.1, 0.15) is 5.69 Å². The first-order valence-corrected chi connectivity index (χ1v) is 5.75. The third kappa shape index (κ3) is 1.90. The van der Waals surface area contributed by atoms with Gasteiger partial charge in [0.15, 0.2) is 0 Å². The van der Waals surface area contributed by atoms with E-state index in [9.17, 15) is 0 Å². The molecule has 0 aliphatic heterocycles. The average molecular weight is 239 g/mol. The van der Waals surface area contributed by atoms with E-state index in [1.54, 1.807) is 17.1 Å². The highest BCUT2D eigenvalue weighted by Gasteiger charge is 2.02. The number of nitrogens with zero attached hydrogens (tertiary/aromatic N) is 4. The van der Waals surface area contributed by atoms with Crippen molar-refractivity contribution >= 4 is 16.5 Å². The van der Waals surface area contributed by atoms with Crippen LogP contribution in [0.25, 0.3) is 10.8 Å². The maximum atomic E-state index is 4.13. The van der Waals surface area contributed by atoms with Gasteiger partial charge in [0.1, 0.15) is 0 Å². The van der Waals surface area contributed by atoms with Crippen LogP contribution < -0.4 is 5.32 Å². The molecule has 0 aliphatic rings. The Labute approximate surface area is 104 Å². The van der Waals surface area contributed by atoms with Crippen molar-refractivity contribution in [1.82, 2.24) is 20.0 Å². The van der Waals surface area contributed by atoms with E-state index >= 15 is 0 Å². The topological polar surface area (TPSA) is 55.6 Å². The summed E-state index contributed by atoms with van der Waals surface area (Å²) in [6, 6.07) is 8.15. The lowest BCUT2D eigenvalue weighted by atomic mass is 10.1. The lowest BCUT2D eigenvalue weighted by molar-refractivity contribution is 0.683. The van der Waals surface area contributed by atoms with E-state index in [0.717, 1.165) is 16.8 Å². The van der Waals surface area contributed by atoms with Gasteiger partial charge in [-0.1, -0.05) is 17.3 Å². The molecule has 0 bridgehead atoms. The number of rotatable bonds is 3. The third-order valence-electron chi connectivity index (χ3n) is 2.95. The van der Waals surface area contributed by atoms with Crippen LogP contribution in [-0.4, -0.2) is 20.0 Å². The van der Waals surface area contributed by atoms with E-state index in [1.807, 2.05) is 25.4 Å². The molecule has 0 fully saturated rings. The van der Waals surface area contributed by atoms with Crippen molar-refractivity contribution in [1.29, 1.82) is 0 Å². The second-order valence-corrected chi connectivity index (χ2v) is 4.10. The molecule has 0 radical (unpaired) electrons.